The van der Waals surface area contributed by atoms with Crippen molar-refractivity contribution in [2.24, 2.45) is 5.73 Å². The summed E-state index contributed by atoms with van der Waals surface area (Å²) in [5.74, 6) is -1.88. The van der Waals surface area contributed by atoms with Crippen LogP contribution in [0.1, 0.15) is 12.6 Å². The molecule has 0 saturated carbocycles. The first kappa shape index (κ1) is 26.2. The number of nitrogens with zero attached hydrogens (tertiary/aromatic N) is 1. The van der Waals surface area contributed by atoms with E-state index in [4.69, 9.17) is 5.73 Å². The van der Waals surface area contributed by atoms with Gasteiger partial charge >= 0.3 is 121 Å². The van der Waals surface area contributed by atoms with Crippen molar-refractivity contribution in [3.05, 3.63) is 109 Å². The second-order valence-electron chi connectivity index (χ2n) is 7.91. The Morgan fingerprint density at radius 2 is 1.37 bits per heavy atom. The van der Waals surface area contributed by atoms with E-state index in [0.29, 0.717) is 5.69 Å². The fraction of sp³-hybridized carbons (Fsp3) is 0.148. The number of aromatic amines is 1. The number of hydrogen-bond acceptors (Lipinski definition) is 5. The Bertz CT molecular complexity index is 1080. The standard InChI is InChI=1S/C9H14N4O3.3C6H5.Sn/c1-5(9(15)16)13-8(14)7(10)2-6-3-11-4-12-6;3*1-2-4-6-5-3-1;/h3-5,7H,2,10H2,1H3,(H,11,12)(H,13,14)(H,15,16);3*1-5H;/q;;;;+1/p-1/t5-,7-;;;;/m0..../s1. The summed E-state index contributed by atoms with van der Waals surface area (Å²) < 4.78 is 4.59. The molecule has 1 heterocycles. The fourth-order valence-electron chi connectivity index (χ4n) is 3.42. The van der Waals surface area contributed by atoms with Gasteiger partial charge in [0, 0.05) is 18.3 Å². The zero-order chi connectivity index (χ0) is 25.0. The number of amides is 1. The molecule has 3 aromatic carbocycles. The summed E-state index contributed by atoms with van der Waals surface area (Å²) in [5, 5.41) is 12.6. The number of hydrogen-bond donors (Lipinski definition) is 3. The second-order valence-corrected chi connectivity index (χ2v) is 15.0. The molecule has 178 valence electrons. The van der Waals surface area contributed by atoms with Crippen molar-refractivity contribution < 1.29 is 14.7 Å². The Morgan fingerprint density at radius 1 is 0.914 bits per heavy atom. The summed E-state index contributed by atoms with van der Waals surface area (Å²) >= 11 is -1.98. The number of aromatic nitrogens is 2. The first-order valence-electron chi connectivity index (χ1n) is 11.2. The monoisotopic (exact) mass is 576 g/mol. The molecular formula is C27H28N4O3Sn. The number of nitrogens with two attached hydrogens (primary N) is 1. The van der Waals surface area contributed by atoms with E-state index in [1.165, 1.54) is 24.0 Å². The van der Waals surface area contributed by atoms with Gasteiger partial charge in [-0.15, -0.1) is 0 Å². The summed E-state index contributed by atoms with van der Waals surface area (Å²) in [6.07, 6.45) is 3.30. The van der Waals surface area contributed by atoms with Gasteiger partial charge < -0.3 is 25.9 Å². The Hall–Kier alpha value is -3.43. The normalized spacial score (nSPS) is 11.9. The van der Waals surface area contributed by atoms with Crippen molar-refractivity contribution in [2.45, 2.75) is 25.4 Å². The van der Waals surface area contributed by atoms with Crippen LogP contribution in [-0.4, -0.2) is 53.7 Å². The number of imidazole rings is 1. The van der Waals surface area contributed by atoms with Gasteiger partial charge in [-0.3, -0.25) is 4.79 Å². The van der Waals surface area contributed by atoms with Crippen LogP contribution in [0.25, 0.3) is 0 Å². The van der Waals surface area contributed by atoms with Gasteiger partial charge in [0.1, 0.15) is 0 Å². The van der Waals surface area contributed by atoms with Crippen LogP contribution in [0, 0.1) is 0 Å². The molecule has 0 unspecified atom stereocenters. The molecule has 0 radical (unpaired) electrons. The molecule has 4 aromatic rings. The van der Waals surface area contributed by atoms with Crippen LogP contribution in [0.3, 0.4) is 0 Å². The summed E-state index contributed by atoms with van der Waals surface area (Å²) in [6, 6.07) is 31.1. The maximum absolute atomic E-state index is 11.4. The first-order chi connectivity index (χ1) is 17.0. The van der Waals surface area contributed by atoms with Crippen LogP contribution in [-0.2, 0) is 16.0 Å². The van der Waals surface area contributed by atoms with Gasteiger partial charge in [0.15, 0.2) is 0 Å². The van der Waals surface area contributed by atoms with Gasteiger partial charge in [-0.05, 0) is 6.92 Å². The zero-order valence-electron chi connectivity index (χ0n) is 19.4. The molecule has 0 bridgehead atoms. The number of carboxylic acid groups (broad SMARTS) is 1. The molecule has 0 aliphatic heterocycles. The second kappa shape index (κ2) is 13.5. The Labute approximate surface area is 212 Å². The van der Waals surface area contributed by atoms with E-state index in [0.717, 1.165) is 0 Å². The molecule has 0 saturated heterocycles. The average Bonchev–Trinajstić information content (AvgIpc) is 3.39. The Kier molecular flexibility index (Phi) is 10.1. The van der Waals surface area contributed by atoms with Crippen LogP contribution >= 0.6 is 0 Å². The quantitative estimate of drug-likeness (QED) is 0.250. The van der Waals surface area contributed by atoms with Crippen LogP contribution in [0.4, 0.5) is 0 Å². The molecular weight excluding hydrogens is 547 g/mol. The van der Waals surface area contributed by atoms with E-state index in [2.05, 4.69) is 106 Å². The zero-order valence-corrected chi connectivity index (χ0v) is 22.3. The number of benzene rings is 3. The van der Waals surface area contributed by atoms with Crippen molar-refractivity contribution in [3.8, 4) is 0 Å². The number of nitrogens with one attached hydrogen (secondary N) is 2. The van der Waals surface area contributed by atoms with Gasteiger partial charge in [0.25, 0.3) is 0 Å². The van der Waals surface area contributed by atoms with E-state index < -0.39 is 43.7 Å². The van der Waals surface area contributed by atoms with E-state index in [1.807, 2.05) is 0 Å². The molecule has 0 aliphatic rings. The molecule has 8 heteroatoms. The van der Waals surface area contributed by atoms with Crippen LogP contribution in [0.5, 0.6) is 0 Å². The van der Waals surface area contributed by atoms with Gasteiger partial charge in [0.2, 0.25) is 5.91 Å². The minimum atomic E-state index is -1.98. The summed E-state index contributed by atoms with van der Waals surface area (Å²) in [5.41, 5.74) is 6.30. The fourth-order valence-corrected chi connectivity index (χ4v) is 10.8. The number of carbonyl (C=O) groups excluding carboxylic acids is 2. The van der Waals surface area contributed by atoms with Gasteiger partial charge in [0.05, 0.1) is 24.4 Å². The van der Waals surface area contributed by atoms with Crippen molar-refractivity contribution in [2.75, 3.05) is 0 Å². The van der Waals surface area contributed by atoms with Crippen molar-refractivity contribution in [3.63, 3.8) is 0 Å². The van der Waals surface area contributed by atoms with Crippen LogP contribution in [0.15, 0.2) is 104 Å². The van der Waals surface area contributed by atoms with E-state index >= 15 is 0 Å². The Morgan fingerprint density at radius 3 is 1.74 bits per heavy atom. The first-order valence-corrected chi connectivity index (χ1v) is 15.5. The van der Waals surface area contributed by atoms with E-state index in [9.17, 15) is 14.7 Å². The number of carboxylic acids is 1. The predicted octanol–water partition coefficient (Wildman–Crippen LogP) is -0.263. The molecule has 0 aliphatic carbocycles. The third-order valence-electron chi connectivity index (χ3n) is 5.23. The van der Waals surface area contributed by atoms with Crippen molar-refractivity contribution in [1.29, 1.82) is 0 Å². The number of rotatable bonds is 8. The molecule has 0 fully saturated rings. The predicted molar refractivity (Wildman–Crippen MR) is 137 cm³/mol. The summed E-state index contributed by atoms with van der Waals surface area (Å²) in [6.45, 7) is 1.32. The molecule has 1 aromatic heterocycles. The van der Waals surface area contributed by atoms with E-state index in [1.54, 1.807) is 6.20 Å². The summed E-state index contributed by atoms with van der Waals surface area (Å²) in [7, 11) is 0. The number of aliphatic carboxylic acids is 1. The van der Waals surface area contributed by atoms with E-state index in [-0.39, 0.29) is 6.42 Å². The average molecular weight is 575 g/mol. The number of H-pyrrole nitrogens is 1. The molecule has 35 heavy (non-hydrogen) atoms. The summed E-state index contributed by atoms with van der Waals surface area (Å²) in [4.78, 5) is 28.4. The molecule has 1 amide bonds. The van der Waals surface area contributed by atoms with Crippen LogP contribution < -0.4 is 26.9 Å². The van der Waals surface area contributed by atoms with Crippen LogP contribution in [0.2, 0.25) is 0 Å². The van der Waals surface area contributed by atoms with Gasteiger partial charge in [-0.1, -0.05) is 0 Å². The maximum atomic E-state index is 11.4. The SMILES string of the molecule is C[C@H](NC(=O)[C@@H](N)Cc1cnc[nH]1)C(=O)[O-].c1cc[c]([Sn+]([c]2ccccc2)[c]2ccccc2)cc1. The molecule has 4 N–H and O–H groups in total. The van der Waals surface area contributed by atoms with Gasteiger partial charge in [-0.2, -0.15) is 0 Å². The number of carbonyl (C=O) groups is 2. The molecule has 0 spiro atoms. The minimum absolute atomic E-state index is 0.269. The third-order valence-corrected chi connectivity index (χ3v) is 13.0. The topological polar surface area (TPSA) is 124 Å². The van der Waals surface area contributed by atoms with Gasteiger partial charge in [-0.25, -0.2) is 4.98 Å². The van der Waals surface area contributed by atoms with Crippen molar-refractivity contribution in [1.82, 2.24) is 15.3 Å². The Balaban J connectivity index is 0.000000199. The van der Waals surface area contributed by atoms with Crippen molar-refractivity contribution >= 4 is 42.4 Å². The molecule has 7 nitrogen and oxygen atoms in total. The third kappa shape index (κ3) is 8.08. The molecule has 2 atom stereocenters. The molecule has 4 rings (SSSR count).